The van der Waals surface area contributed by atoms with Gasteiger partial charge in [0.25, 0.3) is 10.0 Å². The summed E-state index contributed by atoms with van der Waals surface area (Å²) in [5.41, 5.74) is 3.84. The highest BCUT2D eigenvalue weighted by molar-refractivity contribution is 7.92. The molecule has 7 nitrogen and oxygen atoms in total. The second-order valence-corrected chi connectivity index (χ2v) is 13.0. The lowest BCUT2D eigenvalue weighted by Crippen LogP contribution is -2.53. The molecule has 0 aliphatic heterocycles. The summed E-state index contributed by atoms with van der Waals surface area (Å²) in [7, 11) is -4.30. The molecule has 0 heterocycles. The molecule has 0 spiro atoms. The van der Waals surface area contributed by atoms with Crippen molar-refractivity contribution < 1.29 is 22.4 Å². The number of hydrogen-bond donors (Lipinski definition) is 1. The van der Waals surface area contributed by atoms with Crippen LogP contribution in [0.2, 0.25) is 0 Å². The van der Waals surface area contributed by atoms with E-state index in [-0.39, 0.29) is 29.5 Å². The van der Waals surface area contributed by atoms with Crippen LogP contribution >= 0.6 is 0 Å². The molecule has 0 aliphatic carbocycles. The zero-order valence-electron chi connectivity index (χ0n) is 25.9. The van der Waals surface area contributed by atoms with Crippen LogP contribution in [0.15, 0.2) is 108 Å². The van der Waals surface area contributed by atoms with Crippen molar-refractivity contribution in [1.82, 2.24) is 10.2 Å². The molecule has 2 amide bonds. The number of aryl methyl sites for hydroxylation is 2. The summed E-state index contributed by atoms with van der Waals surface area (Å²) in [6.45, 7) is 5.83. The van der Waals surface area contributed by atoms with E-state index >= 15 is 0 Å². The van der Waals surface area contributed by atoms with Gasteiger partial charge in [-0.15, -0.1) is 0 Å². The number of hydrogen-bond acceptors (Lipinski definition) is 4. The lowest BCUT2D eigenvalue weighted by atomic mass is 10.0. The van der Waals surface area contributed by atoms with Crippen LogP contribution in [0.25, 0.3) is 0 Å². The molecule has 0 saturated carbocycles. The van der Waals surface area contributed by atoms with Gasteiger partial charge in [0.15, 0.2) is 0 Å². The average Bonchev–Trinajstić information content (AvgIpc) is 3.03. The van der Waals surface area contributed by atoms with Gasteiger partial charge in [-0.1, -0.05) is 85.6 Å². The SMILES string of the molecule is CCCCNC(=O)C(Cc1ccccc1)N(Cc1ccccc1C)C(=O)CN(c1ccc(C)cc1)S(=O)(=O)c1ccc(F)cc1. The maximum Gasteiger partial charge on any atom is 0.264 e. The number of rotatable bonds is 14. The Morgan fingerprint density at radius 3 is 2.13 bits per heavy atom. The number of amides is 2. The summed E-state index contributed by atoms with van der Waals surface area (Å²) >= 11 is 0. The minimum Gasteiger partial charge on any atom is -0.354 e. The highest BCUT2D eigenvalue weighted by Gasteiger charge is 2.34. The summed E-state index contributed by atoms with van der Waals surface area (Å²) in [6, 6.07) is 27.4. The van der Waals surface area contributed by atoms with Gasteiger partial charge in [-0.25, -0.2) is 12.8 Å². The second kappa shape index (κ2) is 15.5. The minimum absolute atomic E-state index is 0.0997. The third-order valence-electron chi connectivity index (χ3n) is 7.71. The Kier molecular flexibility index (Phi) is 11.5. The van der Waals surface area contributed by atoms with Crippen molar-refractivity contribution in [2.75, 3.05) is 17.4 Å². The van der Waals surface area contributed by atoms with Crippen LogP contribution in [0, 0.1) is 19.7 Å². The van der Waals surface area contributed by atoms with Crippen LogP contribution < -0.4 is 9.62 Å². The number of anilines is 1. The van der Waals surface area contributed by atoms with E-state index in [1.54, 1.807) is 24.3 Å². The number of carbonyl (C=O) groups excluding carboxylic acids is 2. The fourth-order valence-corrected chi connectivity index (χ4v) is 6.42. The number of nitrogens with one attached hydrogen (secondary N) is 1. The van der Waals surface area contributed by atoms with Gasteiger partial charge in [-0.05, 0) is 73.4 Å². The number of benzene rings is 4. The maximum absolute atomic E-state index is 14.5. The first kappa shape index (κ1) is 33.4. The topological polar surface area (TPSA) is 86.8 Å². The molecule has 0 saturated heterocycles. The molecule has 236 valence electrons. The van der Waals surface area contributed by atoms with Crippen LogP contribution in [-0.2, 0) is 32.6 Å². The van der Waals surface area contributed by atoms with Crippen LogP contribution in [-0.4, -0.2) is 44.3 Å². The fraction of sp³-hybridized carbons (Fsp3) is 0.278. The lowest BCUT2D eigenvalue weighted by molar-refractivity contribution is -0.140. The van der Waals surface area contributed by atoms with Crippen LogP contribution in [0.4, 0.5) is 10.1 Å². The maximum atomic E-state index is 14.5. The van der Waals surface area contributed by atoms with Crippen molar-refractivity contribution in [2.45, 2.75) is 57.5 Å². The van der Waals surface area contributed by atoms with Gasteiger partial charge in [0.1, 0.15) is 18.4 Å². The van der Waals surface area contributed by atoms with Crippen molar-refractivity contribution in [3.05, 3.63) is 131 Å². The van der Waals surface area contributed by atoms with Crippen LogP contribution in [0.1, 0.15) is 42.0 Å². The first-order valence-corrected chi connectivity index (χ1v) is 16.5. The first-order valence-electron chi connectivity index (χ1n) is 15.1. The van der Waals surface area contributed by atoms with E-state index in [4.69, 9.17) is 0 Å². The molecule has 0 fully saturated rings. The third kappa shape index (κ3) is 8.79. The highest BCUT2D eigenvalue weighted by Crippen LogP contribution is 2.26. The van der Waals surface area contributed by atoms with Gasteiger partial charge >= 0.3 is 0 Å². The van der Waals surface area contributed by atoms with Gasteiger partial charge in [-0.3, -0.25) is 13.9 Å². The molecule has 9 heteroatoms. The second-order valence-electron chi connectivity index (χ2n) is 11.1. The Labute approximate surface area is 265 Å². The van der Waals surface area contributed by atoms with Crippen molar-refractivity contribution >= 4 is 27.5 Å². The van der Waals surface area contributed by atoms with E-state index in [0.29, 0.717) is 6.54 Å². The zero-order valence-corrected chi connectivity index (χ0v) is 26.8. The van der Waals surface area contributed by atoms with E-state index in [9.17, 15) is 22.4 Å². The molecule has 1 unspecified atom stereocenters. The summed E-state index contributed by atoms with van der Waals surface area (Å²) in [6.07, 6.45) is 1.92. The Hall–Kier alpha value is -4.50. The molecule has 4 aromatic carbocycles. The van der Waals surface area contributed by atoms with E-state index in [2.05, 4.69) is 5.32 Å². The van der Waals surface area contributed by atoms with Crippen molar-refractivity contribution in [2.24, 2.45) is 0 Å². The monoisotopic (exact) mass is 629 g/mol. The molecule has 0 aliphatic rings. The van der Waals surface area contributed by atoms with Crippen molar-refractivity contribution in [3.8, 4) is 0 Å². The van der Waals surface area contributed by atoms with Crippen LogP contribution in [0.5, 0.6) is 0 Å². The van der Waals surface area contributed by atoms with E-state index < -0.39 is 34.3 Å². The Bertz CT molecular complexity index is 1680. The quantitative estimate of drug-likeness (QED) is 0.169. The summed E-state index contributed by atoms with van der Waals surface area (Å²) in [5, 5.41) is 2.99. The summed E-state index contributed by atoms with van der Waals surface area (Å²) < 4.78 is 42.8. The van der Waals surface area contributed by atoms with Gasteiger partial charge in [0, 0.05) is 19.5 Å². The smallest absolute Gasteiger partial charge is 0.264 e. The Morgan fingerprint density at radius 1 is 0.844 bits per heavy atom. The largest absolute Gasteiger partial charge is 0.354 e. The molecule has 1 N–H and O–H groups in total. The number of carbonyl (C=O) groups is 2. The van der Waals surface area contributed by atoms with E-state index in [1.807, 2.05) is 75.4 Å². The summed E-state index contributed by atoms with van der Waals surface area (Å²) in [5.74, 6) is -1.43. The number of unbranched alkanes of at least 4 members (excludes halogenated alkanes) is 1. The molecule has 45 heavy (non-hydrogen) atoms. The zero-order chi connectivity index (χ0) is 32.4. The molecule has 1 atom stereocenters. The third-order valence-corrected chi connectivity index (χ3v) is 9.49. The predicted molar refractivity (Wildman–Crippen MR) is 176 cm³/mol. The van der Waals surface area contributed by atoms with Gasteiger partial charge in [0.2, 0.25) is 11.8 Å². The Morgan fingerprint density at radius 2 is 1.49 bits per heavy atom. The highest BCUT2D eigenvalue weighted by atomic mass is 32.2. The van der Waals surface area contributed by atoms with Crippen molar-refractivity contribution in [3.63, 3.8) is 0 Å². The standard InChI is InChI=1S/C36H40FN3O4S/c1-4-5-23-38-36(42)34(24-29-12-7-6-8-13-29)39(25-30-14-10-9-11-28(30)3)35(41)26-40(32-19-15-27(2)16-20-32)45(43,44)33-21-17-31(37)18-22-33/h6-22,34H,4-5,23-26H2,1-3H3,(H,38,42). The van der Waals surface area contributed by atoms with Gasteiger partial charge in [0.05, 0.1) is 10.6 Å². The molecular formula is C36H40FN3O4S. The van der Waals surface area contributed by atoms with Crippen LogP contribution in [0.3, 0.4) is 0 Å². The van der Waals surface area contributed by atoms with E-state index in [1.165, 1.54) is 17.0 Å². The lowest BCUT2D eigenvalue weighted by Gasteiger charge is -2.34. The molecule has 4 rings (SSSR count). The minimum atomic E-state index is -4.30. The van der Waals surface area contributed by atoms with E-state index in [0.717, 1.165) is 51.5 Å². The number of sulfonamides is 1. The van der Waals surface area contributed by atoms with Gasteiger partial charge in [-0.2, -0.15) is 0 Å². The summed E-state index contributed by atoms with van der Waals surface area (Å²) in [4.78, 5) is 29.6. The van der Waals surface area contributed by atoms with Crippen molar-refractivity contribution in [1.29, 1.82) is 0 Å². The first-order chi connectivity index (χ1) is 21.6. The molecule has 0 aromatic heterocycles. The normalized spacial score (nSPS) is 11.9. The predicted octanol–water partition coefficient (Wildman–Crippen LogP) is 6.19. The average molecular weight is 630 g/mol. The molecule has 0 radical (unpaired) electrons. The molecule has 4 aromatic rings. The fourth-order valence-electron chi connectivity index (χ4n) is 5.00. The molecule has 0 bridgehead atoms. The van der Waals surface area contributed by atoms with Gasteiger partial charge < -0.3 is 10.2 Å². The Balaban J connectivity index is 1.79. The number of halogens is 1. The number of nitrogens with zero attached hydrogens (tertiary/aromatic N) is 2. The molecular weight excluding hydrogens is 589 g/mol.